The van der Waals surface area contributed by atoms with Gasteiger partial charge in [0.1, 0.15) is 29.8 Å². The highest BCUT2D eigenvalue weighted by Crippen LogP contribution is 2.31. The van der Waals surface area contributed by atoms with Crippen LogP contribution in [0.25, 0.3) is 22.3 Å². The molecule has 33 heavy (non-hydrogen) atoms. The van der Waals surface area contributed by atoms with Crippen LogP contribution >= 0.6 is 0 Å². The van der Waals surface area contributed by atoms with Crippen LogP contribution in [0.1, 0.15) is 11.1 Å². The fourth-order valence-corrected chi connectivity index (χ4v) is 3.34. The van der Waals surface area contributed by atoms with Crippen molar-refractivity contribution in [2.24, 2.45) is 0 Å². The maximum atomic E-state index is 14.8. The Bertz CT molecular complexity index is 1290. The third-order valence-corrected chi connectivity index (χ3v) is 5.15. The van der Waals surface area contributed by atoms with Crippen LogP contribution in [0.2, 0.25) is 0 Å². The molecule has 0 aliphatic carbocycles. The third kappa shape index (κ3) is 4.72. The van der Waals surface area contributed by atoms with Crippen LogP contribution in [-0.4, -0.2) is 0 Å². The number of benzene rings is 4. The van der Waals surface area contributed by atoms with E-state index in [9.17, 15) is 26.3 Å². The van der Waals surface area contributed by atoms with Gasteiger partial charge >= 0.3 is 0 Å². The van der Waals surface area contributed by atoms with E-state index in [1.165, 1.54) is 12.1 Å². The predicted molar refractivity (Wildman–Crippen MR) is 113 cm³/mol. The van der Waals surface area contributed by atoms with Gasteiger partial charge in [-0.3, -0.25) is 0 Å². The maximum Gasteiger partial charge on any atom is 0.194 e. The van der Waals surface area contributed by atoms with E-state index in [2.05, 4.69) is 0 Å². The van der Waals surface area contributed by atoms with Gasteiger partial charge in [0.25, 0.3) is 0 Å². The van der Waals surface area contributed by atoms with Crippen molar-refractivity contribution < 1.29 is 31.1 Å². The van der Waals surface area contributed by atoms with Crippen LogP contribution in [0.3, 0.4) is 0 Å². The standard InChI is InChI=1S/C26H16F6O/c1-14-2-4-15(5-3-14)16-6-7-19(21(27)8-16)17-9-22(28)20(23(29)10-17)13-33-18-11-24(30)26(32)25(31)12-18/h2-12H,13H2,1H3. The Morgan fingerprint density at radius 1 is 0.576 bits per heavy atom. The highest BCUT2D eigenvalue weighted by atomic mass is 19.2. The molecule has 0 radical (unpaired) electrons. The largest absolute Gasteiger partial charge is 0.488 e. The summed E-state index contributed by atoms with van der Waals surface area (Å²) in [5.41, 5.74) is 1.91. The minimum absolute atomic E-state index is 0.00110. The minimum Gasteiger partial charge on any atom is -0.488 e. The van der Waals surface area contributed by atoms with Crippen molar-refractivity contribution in [3.63, 3.8) is 0 Å². The van der Waals surface area contributed by atoms with Gasteiger partial charge in [-0.15, -0.1) is 0 Å². The summed E-state index contributed by atoms with van der Waals surface area (Å²) in [6.45, 7) is 1.22. The summed E-state index contributed by atoms with van der Waals surface area (Å²) in [7, 11) is 0. The molecule has 7 heteroatoms. The van der Waals surface area contributed by atoms with Gasteiger partial charge in [-0.1, -0.05) is 42.0 Å². The summed E-state index contributed by atoms with van der Waals surface area (Å²) in [6.07, 6.45) is 0. The number of ether oxygens (including phenoxy) is 1. The Hall–Kier alpha value is -3.74. The van der Waals surface area contributed by atoms with Crippen molar-refractivity contribution in [3.05, 3.63) is 113 Å². The molecule has 0 fully saturated rings. The van der Waals surface area contributed by atoms with E-state index < -0.39 is 52.8 Å². The van der Waals surface area contributed by atoms with E-state index in [1.54, 1.807) is 6.07 Å². The van der Waals surface area contributed by atoms with Crippen LogP contribution in [0.4, 0.5) is 26.3 Å². The number of hydrogen-bond acceptors (Lipinski definition) is 1. The second-order valence-electron chi connectivity index (χ2n) is 7.47. The number of rotatable bonds is 5. The number of aryl methyl sites for hydroxylation is 1. The zero-order valence-electron chi connectivity index (χ0n) is 17.2. The van der Waals surface area contributed by atoms with Crippen molar-refractivity contribution in [1.29, 1.82) is 0 Å². The molecule has 0 amide bonds. The maximum absolute atomic E-state index is 14.8. The molecule has 4 rings (SSSR count). The molecule has 0 spiro atoms. The molecule has 0 saturated carbocycles. The van der Waals surface area contributed by atoms with E-state index in [1.807, 2.05) is 31.2 Å². The lowest BCUT2D eigenvalue weighted by atomic mass is 9.98. The summed E-state index contributed by atoms with van der Waals surface area (Å²) in [4.78, 5) is 0. The topological polar surface area (TPSA) is 9.23 Å². The van der Waals surface area contributed by atoms with Gasteiger partial charge in [0.15, 0.2) is 17.5 Å². The van der Waals surface area contributed by atoms with Gasteiger partial charge in [0.2, 0.25) is 0 Å². The van der Waals surface area contributed by atoms with E-state index in [4.69, 9.17) is 4.74 Å². The lowest BCUT2D eigenvalue weighted by Gasteiger charge is -2.12. The van der Waals surface area contributed by atoms with Gasteiger partial charge in [-0.2, -0.15) is 0 Å². The summed E-state index contributed by atoms with van der Waals surface area (Å²) in [6, 6.07) is 14.8. The van der Waals surface area contributed by atoms with E-state index in [0.717, 1.165) is 23.3 Å². The molecule has 0 aromatic heterocycles. The molecule has 1 nitrogen and oxygen atoms in total. The Balaban J connectivity index is 1.58. The highest BCUT2D eigenvalue weighted by molar-refractivity contribution is 5.71. The average Bonchev–Trinajstić information content (AvgIpc) is 2.77. The quantitative estimate of drug-likeness (QED) is 0.220. The monoisotopic (exact) mass is 458 g/mol. The molecule has 4 aromatic carbocycles. The van der Waals surface area contributed by atoms with Crippen molar-refractivity contribution in [2.75, 3.05) is 0 Å². The van der Waals surface area contributed by atoms with Crippen LogP contribution in [-0.2, 0) is 6.61 Å². The first-order valence-corrected chi connectivity index (χ1v) is 9.85. The second-order valence-corrected chi connectivity index (χ2v) is 7.47. The Morgan fingerprint density at radius 2 is 1.12 bits per heavy atom. The van der Waals surface area contributed by atoms with Gasteiger partial charge in [-0.25, -0.2) is 26.3 Å². The van der Waals surface area contributed by atoms with E-state index >= 15 is 0 Å². The fourth-order valence-electron chi connectivity index (χ4n) is 3.34. The van der Waals surface area contributed by atoms with E-state index in [0.29, 0.717) is 17.7 Å². The molecule has 0 aliphatic rings. The lowest BCUT2D eigenvalue weighted by Crippen LogP contribution is -2.04. The number of halogens is 6. The van der Waals surface area contributed by atoms with E-state index in [-0.39, 0.29) is 11.1 Å². The predicted octanol–water partition coefficient (Wildman–Crippen LogP) is 7.74. The molecule has 0 atom stereocenters. The smallest absolute Gasteiger partial charge is 0.194 e. The second kappa shape index (κ2) is 9.02. The lowest BCUT2D eigenvalue weighted by molar-refractivity contribution is 0.287. The first-order chi connectivity index (χ1) is 15.7. The summed E-state index contributed by atoms with van der Waals surface area (Å²) < 4.78 is 88.5. The molecule has 0 unspecified atom stereocenters. The normalized spacial score (nSPS) is 11.0. The van der Waals surface area contributed by atoms with Gasteiger partial charge in [0, 0.05) is 17.7 Å². The van der Waals surface area contributed by atoms with Gasteiger partial charge in [-0.05, 0) is 41.8 Å². The fraction of sp³-hybridized carbons (Fsp3) is 0.0769. The van der Waals surface area contributed by atoms with Crippen LogP contribution in [0.15, 0.2) is 66.7 Å². The summed E-state index contributed by atoms with van der Waals surface area (Å²) in [5.74, 6) is -7.83. The Kier molecular flexibility index (Phi) is 6.14. The van der Waals surface area contributed by atoms with Crippen molar-refractivity contribution in [2.45, 2.75) is 13.5 Å². The average molecular weight is 458 g/mol. The van der Waals surface area contributed by atoms with Gasteiger partial charge in [0.05, 0.1) is 5.56 Å². The zero-order chi connectivity index (χ0) is 23.7. The van der Waals surface area contributed by atoms with Crippen molar-refractivity contribution >= 4 is 0 Å². The molecular weight excluding hydrogens is 442 g/mol. The molecule has 0 N–H and O–H groups in total. The molecule has 0 aliphatic heterocycles. The third-order valence-electron chi connectivity index (χ3n) is 5.15. The molecule has 168 valence electrons. The molecule has 4 aromatic rings. The zero-order valence-corrected chi connectivity index (χ0v) is 17.2. The molecule has 0 saturated heterocycles. The Labute approximate surface area is 185 Å². The highest BCUT2D eigenvalue weighted by Gasteiger charge is 2.17. The first-order valence-electron chi connectivity index (χ1n) is 9.85. The molecular formula is C26H16F6O. The SMILES string of the molecule is Cc1ccc(-c2ccc(-c3cc(F)c(COc4cc(F)c(F)c(F)c4)c(F)c3)c(F)c2)cc1. The van der Waals surface area contributed by atoms with Crippen molar-refractivity contribution in [3.8, 4) is 28.0 Å². The Morgan fingerprint density at radius 3 is 1.70 bits per heavy atom. The van der Waals surface area contributed by atoms with Gasteiger partial charge < -0.3 is 4.74 Å². The minimum atomic E-state index is -1.68. The van der Waals surface area contributed by atoms with Crippen LogP contribution < -0.4 is 4.74 Å². The van der Waals surface area contributed by atoms with Crippen molar-refractivity contribution in [1.82, 2.24) is 0 Å². The molecule has 0 bridgehead atoms. The summed E-state index contributed by atoms with van der Waals surface area (Å²) in [5, 5.41) is 0. The molecule has 0 heterocycles. The van der Waals surface area contributed by atoms with Crippen LogP contribution in [0.5, 0.6) is 5.75 Å². The number of hydrogen-bond donors (Lipinski definition) is 0. The first kappa shape index (κ1) is 22.5. The van der Waals surface area contributed by atoms with Crippen LogP contribution in [0, 0.1) is 41.8 Å². The summed E-state index contributed by atoms with van der Waals surface area (Å²) >= 11 is 0.